The summed E-state index contributed by atoms with van der Waals surface area (Å²) >= 11 is 0. The molecule has 3 N–H and O–H groups in total. The molecule has 4 fully saturated rings. The van der Waals surface area contributed by atoms with E-state index in [0.717, 1.165) is 31.3 Å². The number of hydrogen-bond acceptors (Lipinski definition) is 5. The molecule has 2 unspecified atom stereocenters. The number of allylic oxidation sites excluding steroid dienone is 2. The predicted molar refractivity (Wildman–Crippen MR) is 143 cm³/mol. The molecule has 4 rings (SSSR count). The van der Waals surface area contributed by atoms with Crippen LogP contribution in [0.25, 0.3) is 0 Å². The van der Waals surface area contributed by atoms with Gasteiger partial charge in [0.2, 0.25) is 0 Å². The van der Waals surface area contributed by atoms with Crippen molar-refractivity contribution in [2.24, 2.45) is 51.8 Å². The van der Waals surface area contributed by atoms with Gasteiger partial charge in [-0.25, -0.2) is 0 Å². The largest absolute Gasteiger partial charge is 0.481 e. The second-order valence-electron chi connectivity index (χ2n) is 14.1. The third-order valence-electron chi connectivity index (χ3n) is 12.1. The van der Waals surface area contributed by atoms with Gasteiger partial charge in [0.25, 0.3) is 0 Å². The fourth-order valence-electron chi connectivity index (χ4n) is 10.4. The van der Waals surface area contributed by atoms with Crippen LogP contribution in [0.2, 0.25) is 0 Å². The van der Waals surface area contributed by atoms with Gasteiger partial charge in [-0.1, -0.05) is 39.3 Å². The molecule has 0 aromatic heterocycles. The lowest BCUT2D eigenvalue weighted by Gasteiger charge is -2.69. The molecule has 0 aromatic rings. The van der Waals surface area contributed by atoms with E-state index in [2.05, 4.69) is 33.8 Å². The molecular weight excluding hydrogens is 468 g/mol. The maximum Gasteiger partial charge on any atom is 0.306 e. The van der Waals surface area contributed by atoms with E-state index in [1.54, 1.807) is 0 Å². The van der Waals surface area contributed by atoms with Gasteiger partial charge in [0.05, 0.1) is 18.1 Å². The van der Waals surface area contributed by atoms with Gasteiger partial charge in [-0.15, -0.1) is 0 Å². The van der Waals surface area contributed by atoms with Crippen LogP contribution < -0.4 is 0 Å². The Morgan fingerprint density at radius 2 is 1.68 bits per heavy atom. The smallest absolute Gasteiger partial charge is 0.306 e. The van der Waals surface area contributed by atoms with Crippen LogP contribution in [0.3, 0.4) is 0 Å². The number of carboxylic acids is 1. The number of aliphatic hydroxyl groups is 2. The Hall–Kier alpha value is -1.40. The average molecular weight is 519 g/mol. The zero-order valence-electron chi connectivity index (χ0n) is 24.0. The zero-order chi connectivity index (χ0) is 27.5. The first-order valence-electron chi connectivity index (χ1n) is 14.6. The molecule has 210 valence electrons. The normalized spacial score (nSPS) is 47.7. The summed E-state index contributed by atoms with van der Waals surface area (Å²) in [5.74, 6) is -1.54. The number of carboxylic acid groups (broad SMARTS) is 1. The quantitative estimate of drug-likeness (QED) is 0.312. The van der Waals surface area contributed by atoms with Crippen LogP contribution in [-0.4, -0.2) is 45.6 Å². The number of carbonyl (C=O) groups is 2. The highest BCUT2D eigenvalue weighted by Gasteiger charge is 2.72. The number of ether oxygens (including phenoxy) is 1. The molecular formula is C31H50O6. The molecule has 0 saturated heterocycles. The van der Waals surface area contributed by atoms with Crippen LogP contribution in [0.15, 0.2) is 11.6 Å². The van der Waals surface area contributed by atoms with Gasteiger partial charge < -0.3 is 20.1 Å². The Morgan fingerprint density at radius 3 is 2.27 bits per heavy atom. The highest BCUT2D eigenvalue weighted by molar-refractivity contribution is 5.71. The first-order chi connectivity index (χ1) is 17.2. The van der Waals surface area contributed by atoms with Crippen LogP contribution in [0.4, 0.5) is 0 Å². The second kappa shape index (κ2) is 9.97. The lowest BCUT2D eigenvalue weighted by atomic mass is 9.36. The maximum absolute atomic E-state index is 12.7. The standard InChI is InChI=1S/C31H50O6/c1-17(2)9-8-10-20(28(35)36)26-22-15-24(34)27-29(5)13-12-23(33)18(3)21(29)11-14-30(27,6)31(22,7)16-25(26)37-19(4)32/h9,18,20-27,33-34H,8,10-16H2,1-7H3,(H,35,36)/t18-,20?,21?,22-,23+,24+,25-,26+,27-,29-,30-,31-/m0/s1. The predicted octanol–water partition coefficient (Wildman–Crippen LogP) is 5.60. The molecule has 0 amide bonds. The Morgan fingerprint density at radius 1 is 1.00 bits per heavy atom. The van der Waals surface area contributed by atoms with Crippen molar-refractivity contribution in [1.82, 2.24) is 0 Å². The molecule has 0 spiro atoms. The number of fused-ring (bicyclic) bond motifs is 5. The van der Waals surface area contributed by atoms with E-state index in [-0.39, 0.29) is 52.0 Å². The SMILES string of the molecule is CC(=O)O[C@H]1C[C@@]2(C)[C@@H](C[C@@H](O)[C@H]3[C@@]4(C)CC[C@@H](O)[C@@H](C)C4CC[C@@]32C)[C@H]1C(CCC=C(C)C)C(=O)O. The number of esters is 1. The number of carbonyl (C=O) groups excluding carboxylic acids is 1. The first kappa shape index (κ1) is 28.6. The summed E-state index contributed by atoms with van der Waals surface area (Å²) in [5.41, 5.74) is 0.624. The van der Waals surface area contributed by atoms with Crippen molar-refractivity contribution < 1.29 is 29.6 Å². The lowest BCUT2D eigenvalue weighted by Crippen LogP contribution is -2.66. The van der Waals surface area contributed by atoms with E-state index in [4.69, 9.17) is 4.74 Å². The highest BCUT2D eigenvalue weighted by Crippen LogP contribution is 2.74. The summed E-state index contributed by atoms with van der Waals surface area (Å²) < 4.78 is 5.93. The first-order valence-corrected chi connectivity index (χ1v) is 14.6. The van der Waals surface area contributed by atoms with E-state index in [1.165, 1.54) is 6.92 Å². The van der Waals surface area contributed by atoms with Crippen molar-refractivity contribution >= 4 is 11.9 Å². The Bertz CT molecular complexity index is 925. The fraction of sp³-hybridized carbons (Fsp3) is 0.871. The van der Waals surface area contributed by atoms with Crippen molar-refractivity contribution in [3.8, 4) is 0 Å². The molecule has 4 saturated carbocycles. The van der Waals surface area contributed by atoms with Gasteiger partial charge in [-0.2, -0.15) is 0 Å². The molecule has 0 aromatic carbocycles. The summed E-state index contributed by atoms with van der Waals surface area (Å²) in [7, 11) is 0. The van der Waals surface area contributed by atoms with Crippen LogP contribution in [0, 0.1) is 51.8 Å². The topological polar surface area (TPSA) is 104 Å². The van der Waals surface area contributed by atoms with Crippen LogP contribution in [0.1, 0.15) is 99.8 Å². The summed E-state index contributed by atoms with van der Waals surface area (Å²) in [4.78, 5) is 24.9. The summed E-state index contributed by atoms with van der Waals surface area (Å²) in [6.07, 6.45) is 6.77. The minimum absolute atomic E-state index is 0.0346. The molecule has 4 aliphatic carbocycles. The molecule has 0 heterocycles. The summed E-state index contributed by atoms with van der Waals surface area (Å²) in [6, 6.07) is 0. The van der Waals surface area contributed by atoms with Crippen molar-refractivity contribution in [2.45, 2.75) is 118 Å². The van der Waals surface area contributed by atoms with Gasteiger partial charge in [0.1, 0.15) is 6.10 Å². The summed E-state index contributed by atoms with van der Waals surface area (Å²) in [5, 5.41) is 33.0. The Balaban J connectivity index is 1.75. The number of aliphatic hydroxyl groups excluding tert-OH is 2. The van der Waals surface area contributed by atoms with Gasteiger partial charge >= 0.3 is 11.9 Å². The molecule has 37 heavy (non-hydrogen) atoms. The van der Waals surface area contributed by atoms with Crippen molar-refractivity contribution in [1.29, 1.82) is 0 Å². The number of hydrogen-bond donors (Lipinski definition) is 3. The van der Waals surface area contributed by atoms with Crippen molar-refractivity contribution in [2.75, 3.05) is 0 Å². The second-order valence-corrected chi connectivity index (χ2v) is 14.1. The minimum Gasteiger partial charge on any atom is -0.481 e. The molecule has 12 atom stereocenters. The van der Waals surface area contributed by atoms with Crippen molar-refractivity contribution in [3.63, 3.8) is 0 Å². The third kappa shape index (κ3) is 4.48. The van der Waals surface area contributed by atoms with E-state index >= 15 is 0 Å². The number of aliphatic carboxylic acids is 1. The van der Waals surface area contributed by atoms with E-state index in [0.29, 0.717) is 31.6 Å². The lowest BCUT2D eigenvalue weighted by molar-refractivity contribution is -0.240. The maximum atomic E-state index is 12.7. The molecule has 0 bridgehead atoms. The molecule has 4 aliphatic rings. The summed E-state index contributed by atoms with van der Waals surface area (Å²) in [6.45, 7) is 14.6. The van der Waals surface area contributed by atoms with Crippen LogP contribution in [0.5, 0.6) is 0 Å². The van der Waals surface area contributed by atoms with E-state index in [9.17, 15) is 24.9 Å². The van der Waals surface area contributed by atoms with Gasteiger partial charge in [0.15, 0.2) is 0 Å². The Kier molecular flexibility index (Phi) is 7.71. The van der Waals surface area contributed by atoms with Crippen molar-refractivity contribution in [3.05, 3.63) is 11.6 Å². The molecule has 6 heteroatoms. The minimum atomic E-state index is -0.832. The monoisotopic (exact) mass is 518 g/mol. The van der Waals surface area contributed by atoms with E-state index < -0.39 is 24.1 Å². The van der Waals surface area contributed by atoms with Crippen LogP contribution >= 0.6 is 0 Å². The fourth-order valence-corrected chi connectivity index (χ4v) is 10.4. The molecule has 6 nitrogen and oxygen atoms in total. The zero-order valence-corrected chi connectivity index (χ0v) is 24.0. The van der Waals surface area contributed by atoms with Gasteiger partial charge in [-0.05, 0) is 105 Å². The van der Waals surface area contributed by atoms with Gasteiger partial charge in [0, 0.05) is 12.8 Å². The molecule has 0 radical (unpaired) electrons. The highest BCUT2D eigenvalue weighted by atomic mass is 16.5. The third-order valence-corrected chi connectivity index (χ3v) is 12.1. The Labute approximate surface area is 223 Å². The average Bonchev–Trinajstić information content (AvgIpc) is 3.05. The van der Waals surface area contributed by atoms with Gasteiger partial charge in [-0.3, -0.25) is 9.59 Å². The number of rotatable bonds is 6. The van der Waals surface area contributed by atoms with Crippen LogP contribution in [-0.2, 0) is 14.3 Å². The molecule has 0 aliphatic heterocycles. The van der Waals surface area contributed by atoms with E-state index in [1.807, 2.05) is 13.8 Å².